The van der Waals surface area contributed by atoms with Crippen molar-refractivity contribution in [2.24, 2.45) is 5.92 Å². The van der Waals surface area contributed by atoms with E-state index in [1.54, 1.807) is 12.1 Å². The molecule has 0 atom stereocenters. The minimum absolute atomic E-state index is 0.0519. The number of hydrogen-bond acceptors (Lipinski definition) is 8. The molecule has 3 N–H and O–H groups in total. The Morgan fingerprint density at radius 1 is 1.26 bits per heavy atom. The van der Waals surface area contributed by atoms with Crippen LogP contribution < -0.4 is 21.3 Å². The van der Waals surface area contributed by atoms with Crippen LogP contribution in [0.15, 0.2) is 34.2 Å². The number of nitrogen functional groups attached to an aromatic ring is 1. The lowest BCUT2D eigenvalue weighted by Gasteiger charge is -2.26. The molecule has 0 unspecified atom stereocenters. The summed E-state index contributed by atoms with van der Waals surface area (Å²) < 4.78 is 72.3. The smallest absolute Gasteiger partial charge is 0.416 e. The Morgan fingerprint density at radius 2 is 1.95 bits per heavy atom. The van der Waals surface area contributed by atoms with E-state index in [-0.39, 0.29) is 23.8 Å². The molecule has 15 heteroatoms. The molecule has 204 valence electrons. The summed E-state index contributed by atoms with van der Waals surface area (Å²) in [4.78, 5) is 40.1. The average molecular weight is 556 g/mol. The summed E-state index contributed by atoms with van der Waals surface area (Å²) in [6.07, 6.45) is -2.24. The first kappa shape index (κ1) is 27.2. The molecule has 1 saturated carbocycles. The Kier molecular flexibility index (Phi) is 6.99. The van der Waals surface area contributed by atoms with Crippen molar-refractivity contribution in [1.82, 2.24) is 19.7 Å². The van der Waals surface area contributed by atoms with Crippen LogP contribution in [0.25, 0.3) is 11.0 Å². The minimum Gasteiger partial charge on any atom is -0.416 e. The second kappa shape index (κ2) is 9.78. The van der Waals surface area contributed by atoms with E-state index in [9.17, 15) is 36.0 Å². The van der Waals surface area contributed by atoms with Crippen molar-refractivity contribution < 1.29 is 35.9 Å². The Balaban J connectivity index is 1.92. The van der Waals surface area contributed by atoms with Crippen LogP contribution in [0.2, 0.25) is 0 Å². The SMILES string of the molecule is CNC(=O)Cc1ccc2c(c1)ncn2-n1c(C)c(OC(=O)C(F)(F)F)c(S(=O)(=O)CC2CCC2)c(N)c1=O. The maximum absolute atomic E-state index is 13.4. The number of imidazole rings is 1. The van der Waals surface area contributed by atoms with Crippen molar-refractivity contribution >= 4 is 38.4 Å². The number of anilines is 1. The fourth-order valence-electron chi connectivity index (χ4n) is 4.23. The fourth-order valence-corrected chi connectivity index (χ4v) is 6.24. The number of pyridine rings is 1. The lowest BCUT2D eigenvalue weighted by molar-refractivity contribution is -0.189. The number of alkyl halides is 3. The Labute approximate surface area is 214 Å². The monoisotopic (exact) mass is 555 g/mol. The Hall–Kier alpha value is -3.88. The topological polar surface area (TPSA) is 155 Å². The molecular formula is C23H24F3N5O6S. The summed E-state index contributed by atoms with van der Waals surface area (Å²) in [7, 11) is -2.93. The van der Waals surface area contributed by atoms with Crippen LogP contribution in [0, 0.1) is 12.8 Å². The zero-order valence-corrected chi connectivity index (χ0v) is 21.1. The van der Waals surface area contributed by atoms with E-state index < -0.39 is 55.3 Å². The maximum Gasteiger partial charge on any atom is 0.491 e. The van der Waals surface area contributed by atoms with Gasteiger partial charge in [-0.15, -0.1) is 0 Å². The summed E-state index contributed by atoms with van der Waals surface area (Å²) in [6, 6.07) is 4.68. The fraction of sp³-hybridized carbons (Fsp3) is 0.391. The van der Waals surface area contributed by atoms with E-state index in [0.717, 1.165) is 22.7 Å². The highest BCUT2D eigenvalue weighted by Gasteiger charge is 2.44. The highest BCUT2D eigenvalue weighted by molar-refractivity contribution is 7.91. The normalized spacial score (nSPS) is 14.3. The van der Waals surface area contributed by atoms with Gasteiger partial charge in [-0.3, -0.25) is 9.59 Å². The van der Waals surface area contributed by atoms with Gasteiger partial charge in [-0.1, -0.05) is 12.5 Å². The summed E-state index contributed by atoms with van der Waals surface area (Å²) in [5.41, 5.74) is 4.79. The van der Waals surface area contributed by atoms with Gasteiger partial charge in [0, 0.05) is 7.05 Å². The van der Waals surface area contributed by atoms with Crippen LogP contribution in [0.1, 0.15) is 30.5 Å². The van der Waals surface area contributed by atoms with Gasteiger partial charge in [0.05, 0.1) is 28.9 Å². The first-order valence-corrected chi connectivity index (χ1v) is 13.1. The van der Waals surface area contributed by atoms with E-state index in [1.807, 2.05) is 0 Å². The number of halogens is 3. The largest absolute Gasteiger partial charge is 0.491 e. The first-order valence-electron chi connectivity index (χ1n) is 11.5. The van der Waals surface area contributed by atoms with Crippen LogP contribution in [0.5, 0.6) is 5.75 Å². The van der Waals surface area contributed by atoms with Gasteiger partial charge >= 0.3 is 12.1 Å². The minimum atomic E-state index is -5.44. The van der Waals surface area contributed by atoms with E-state index >= 15 is 0 Å². The lowest BCUT2D eigenvalue weighted by Crippen LogP contribution is -2.35. The van der Waals surface area contributed by atoms with Crippen LogP contribution >= 0.6 is 0 Å². The van der Waals surface area contributed by atoms with Gasteiger partial charge in [0.15, 0.2) is 15.6 Å². The van der Waals surface area contributed by atoms with Gasteiger partial charge in [0.1, 0.15) is 16.9 Å². The van der Waals surface area contributed by atoms with Crippen molar-refractivity contribution in [2.45, 2.75) is 43.7 Å². The number of sulfone groups is 1. The number of carbonyl (C=O) groups is 2. The van der Waals surface area contributed by atoms with Crippen molar-refractivity contribution in [1.29, 1.82) is 0 Å². The molecule has 0 radical (unpaired) electrons. The molecule has 0 spiro atoms. The molecule has 4 rings (SSSR count). The quantitative estimate of drug-likeness (QED) is 0.418. The standard InChI is InChI=1S/C23H24F3N5O6S/c1-12-19(37-22(34)23(24,25)26)20(38(35,36)10-13-4-3-5-13)18(27)21(33)31(12)30-11-29-15-8-14(6-7-16(15)30)9-17(32)28-2/h6-8,11,13H,3-5,9-10,27H2,1-2H3,(H,28,32). The maximum atomic E-state index is 13.4. The van der Waals surface area contributed by atoms with Gasteiger partial charge in [-0.25, -0.2) is 27.5 Å². The molecule has 11 nitrogen and oxygen atoms in total. The number of nitrogens with one attached hydrogen (secondary N) is 1. The molecule has 0 saturated heterocycles. The van der Waals surface area contributed by atoms with Crippen molar-refractivity contribution in [3.63, 3.8) is 0 Å². The number of benzene rings is 1. The van der Waals surface area contributed by atoms with Gasteiger partial charge in [-0.05, 0) is 43.4 Å². The number of nitrogens with zero attached hydrogens (tertiary/aromatic N) is 3. The second-order valence-corrected chi connectivity index (χ2v) is 11.0. The van der Waals surface area contributed by atoms with Gasteiger partial charge in [0.2, 0.25) is 5.91 Å². The zero-order valence-electron chi connectivity index (χ0n) is 20.3. The second-order valence-electron chi connectivity index (χ2n) is 9.00. The van der Waals surface area contributed by atoms with Crippen LogP contribution in [0.3, 0.4) is 0 Å². The summed E-state index contributed by atoms with van der Waals surface area (Å²) in [5, 5.41) is 2.49. The molecule has 1 aliphatic carbocycles. The number of fused-ring (bicyclic) bond motifs is 1. The van der Waals surface area contributed by atoms with Crippen molar-refractivity contribution in [3.8, 4) is 5.75 Å². The Bertz CT molecular complexity index is 1610. The van der Waals surface area contributed by atoms with Crippen molar-refractivity contribution in [3.05, 3.63) is 46.1 Å². The van der Waals surface area contributed by atoms with Gasteiger partial charge in [-0.2, -0.15) is 13.2 Å². The third-order valence-corrected chi connectivity index (χ3v) is 8.33. The summed E-state index contributed by atoms with van der Waals surface area (Å²) in [6.45, 7) is 1.13. The number of ether oxygens (including phenoxy) is 1. The number of aromatic nitrogens is 3. The molecule has 0 bridgehead atoms. The molecule has 1 aliphatic rings. The van der Waals surface area contributed by atoms with Gasteiger partial charge < -0.3 is 15.8 Å². The predicted octanol–water partition coefficient (Wildman–Crippen LogP) is 1.73. The average Bonchev–Trinajstić information content (AvgIpc) is 3.22. The molecule has 2 aromatic heterocycles. The summed E-state index contributed by atoms with van der Waals surface area (Å²) in [5.74, 6) is -4.62. The Morgan fingerprint density at radius 3 is 2.53 bits per heavy atom. The van der Waals surface area contributed by atoms with E-state index in [0.29, 0.717) is 23.9 Å². The first-order chi connectivity index (χ1) is 17.7. The lowest BCUT2D eigenvalue weighted by atomic mass is 9.87. The molecule has 2 heterocycles. The number of carbonyl (C=O) groups excluding carboxylic acids is 2. The van der Waals surface area contributed by atoms with E-state index in [4.69, 9.17) is 5.73 Å². The number of nitrogens with two attached hydrogens (primary N) is 1. The molecule has 1 aromatic carbocycles. The predicted molar refractivity (Wildman–Crippen MR) is 129 cm³/mol. The van der Waals surface area contributed by atoms with E-state index in [1.165, 1.54) is 19.4 Å². The van der Waals surface area contributed by atoms with Crippen LogP contribution in [0.4, 0.5) is 18.9 Å². The number of rotatable bonds is 7. The van der Waals surface area contributed by atoms with Crippen LogP contribution in [-0.4, -0.2) is 53.6 Å². The number of amides is 1. The molecule has 3 aromatic rings. The number of hydrogen-bond donors (Lipinski definition) is 2. The third-order valence-electron chi connectivity index (χ3n) is 6.39. The number of esters is 1. The van der Waals surface area contributed by atoms with Gasteiger partial charge in [0.25, 0.3) is 5.56 Å². The summed E-state index contributed by atoms with van der Waals surface area (Å²) >= 11 is 0. The highest BCUT2D eigenvalue weighted by Crippen LogP contribution is 2.37. The molecule has 1 fully saturated rings. The molecule has 1 amide bonds. The molecule has 38 heavy (non-hydrogen) atoms. The van der Waals surface area contributed by atoms with Crippen LogP contribution in [-0.2, 0) is 25.8 Å². The highest BCUT2D eigenvalue weighted by atomic mass is 32.2. The number of likely N-dealkylation sites (N-methyl/N-ethyl adjacent to an activating group) is 1. The molecular weight excluding hydrogens is 531 g/mol. The van der Waals surface area contributed by atoms with Crippen molar-refractivity contribution in [2.75, 3.05) is 18.5 Å². The molecule has 0 aliphatic heterocycles. The van der Waals surface area contributed by atoms with E-state index in [2.05, 4.69) is 15.0 Å². The zero-order chi connectivity index (χ0) is 28.0. The third kappa shape index (κ3) is 4.97.